The number of rotatable bonds is 6. The summed E-state index contributed by atoms with van der Waals surface area (Å²) in [6, 6.07) is 13.2. The molecule has 0 aliphatic heterocycles. The molecule has 0 amide bonds. The Morgan fingerprint density at radius 1 is 1.15 bits per heavy atom. The van der Waals surface area contributed by atoms with E-state index in [1.165, 1.54) is 18.9 Å². The first-order valence-electron chi connectivity index (χ1n) is 8.82. The van der Waals surface area contributed by atoms with E-state index in [2.05, 4.69) is 27.5 Å². The fraction of sp³-hybridized carbons (Fsp3) is 0.300. The smallest absolute Gasteiger partial charge is 0.225 e. The third-order valence-corrected chi connectivity index (χ3v) is 5.06. The number of halogens is 2. The molecule has 134 valence electrons. The maximum Gasteiger partial charge on any atom is 0.225 e. The van der Waals surface area contributed by atoms with E-state index < -0.39 is 5.82 Å². The minimum atomic E-state index is -0.414. The lowest BCUT2D eigenvalue weighted by Crippen LogP contribution is -2.19. The molecule has 1 aliphatic rings. The summed E-state index contributed by atoms with van der Waals surface area (Å²) in [5, 5.41) is 7.74. The van der Waals surface area contributed by atoms with E-state index in [4.69, 9.17) is 11.6 Å². The number of hydrogen-bond acceptors (Lipinski definition) is 4. The van der Waals surface area contributed by atoms with Crippen LogP contribution in [0.4, 0.5) is 16.2 Å². The number of nitrogens with zero attached hydrogens (tertiary/aromatic N) is 2. The number of aromatic nitrogens is 2. The van der Waals surface area contributed by atoms with E-state index in [-0.39, 0.29) is 11.6 Å². The molecule has 1 fully saturated rings. The zero-order valence-corrected chi connectivity index (χ0v) is 15.2. The minimum Gasteiger partial charge on any atom is -0.367 e. The molecule has 0 radical (unpaired) electrons. The van der Waals surface area contributed by atoms with Gasteiger partial charge in [0.2, 0.25) is 5.95 Å². The molecule has 0 spiro atoms. The van der Waals surface area contributed by atoms with E-state index in [0.29, 0.717) is 23.5 Å². The number of anilines is 2. The van der Waals surface area contributed by atoms with Crippen molar-refractivity contribution in [1.29, 1.82) is 0 Å². The molecule has 1 saturated carbocycles. The van der Waals surface area contributed by atoms with Crippen molar-refractivity contribution >= 4 is 34.3 Å². The van der Waals surface area contributed by atoms with Crippen LogP contribution in [-0.2, 0) is 6.54 Å². The van der Waals surface area contributed by atoms with Crippen LogP contribution in [0.1, 0.15) is 25.3 Å². The molecular weight excluding hydrogens is 351 g/mol. The fourth-order valence-electron chi connectivity index (χ4n) is 3.05. The number of benzene rings is 2. The summed E-state index contributed by atoms with van der Waals surface area (Å²) in [5.74, 6) is 1.57. The molecule has 1 heterocycles. The maximum absolute atomic E-state index is 14.1. The second-order valence-electron chi connectivity index (χ2n) is 6.75. The van der Waals surface area contributed by atoms with Gasteiger partial charge in [0.05, 0.1) is 10.5 Å². The van der Waals surface area contributed by atoms with Crippen molar-refractivity contribution in [3.8, 4) is 0 Å². The fourth-order valence-corrected chi connectivity index (χ4v) is 3.25. The summed E-state index contributed by atoms with van der Waals surface area (Å²) in [6.07, 6.45) is 2.52. The van der Waals surface area contributed by atoms with Crippen molar-refractivity contribution in [3.63, 3.8) is 0 Å². The van der Waals surface area contributed by atoms with Gasteiger partial charge in [-0.15, -0.1) is 0 Å². The molecular formula is C20H20ClFN4. The van der Waals surface area contributed by atoms with Crippen LogP contribution >= 0.6 is 11.6 Å². The lowest BCUT2D eigenvalue weighted by molar-refractivity contribution is 0.613. The Hall–Kier alpha value is -2.40. The Morgan fingerprint density at radius 2 is 1.96 bits per heavy atom. The zero-order chi connectivity index (χ0) is 18.1. The predicted molar refractivity (Wildman–Crippen MR) is 104 cm³/mol. The molecule has 2 N–H and O–H groups in total. The van der Waals surface area contributed by atoms with Crippen molar-refractivity contribution in [2.75, 3.05) is 10.6 Å². The number of fused-ring (bicyclic) bond motifs is 1. The third kappa shape index (κ3) is 3.58. The molecule has 6 heteroatoms. The highest BCUT2D eigenvalue weighted by molar-refractivity contribution is 6.30. The average molecular weight is 371 g/mol. The Kier molecular flexibility index (Phi) is 4.64. The number of hydrogen-bond donors (Lipinski definition) is 2. The Balaban J connectivity index is 1.61. The molecule has 0 bridgehead atoms. The van der Waals surface area contributed by atoms with Gasteiger partial charge in [-0.05, 0) is 43.9 Å². The van der Waals surface area contributed by atoms with Gasteiger partial charge in [-0.25, -0.2) is 9.37 Å². The predicted octanol–water partition coefficient (Wildman–Crippen LogP) is 5.24. The van der Waals surface area contributed by atoms with Crippen molar-refractivity contribution in [3.05, 3.63) is 58.9 Å². The largest absolute Gasteiger partial charge is 0.367 e. The standard InChI is InChI=1S/C20H20ClFN4/c1-12(13-9-10-13)24-19-15-6-2-3-8-17(15)25-20(26-19)23-11-14-5-4-7-16(21)18(14)22/h2-8,12-13H,9-11H2,1H3,(H2,23,24,25,26)/t12-/m1/s1. The first-order chi connectivity index (χ1) is 12.6. The van der Waals surface area contributed by atoms with Crippen LogP contribution < -0.4 is 10.6 Å². The van der Waals surface area contributed by atoms with E-state index in [1.54, 1.807) is 12.1 Å². The monoisotopic (exact) mass is 370 g/mol. The summed E-state index contributed by atoms with van der Waals surface area (Å²) in [4.78, 5) is 9.18. The topological polar surface area (TPSA) is 49.8 Å². The summed E-state index contributed by atoms with van der Waals surface area (Å²) < 4.78 is 14.1. The lowest BCUT2D eigenvalue weighted by Gasteiger charge is -2.16. The maximum atomic E-state index is 14.1. The molecule has 1 atom stereocenters. The van der Waals surface area contributed by atoms with E-state index in [0.717, 1.165) is 16.7 Å². The first-order valence-corrected chi connectivity index (χ1v) is 9.19. The second-order valence-corrected chi connectivity index (χ2v) is 7.16. The summed E-state index contributed by atoms with van der Waals surface area (Å²) in [5.41, 5.74) is 1.33. The summed E-state index contributed by atoms with van der Waals surface area (Å²) in [7, 11) is 0. The molecule has 0 saturated heterocycles. The van der Waals surface area contributed by atoms with Crippen LogP contribution in [0, 0.1) is 11.7 Å². The SMILES string of the molecule is C[C@@H](Nc1nc(NCc2cccc(Cl)c2F)nc2ccccc12)C1CC1. The van der Waals surface area contributed by atoms with E-state index in [1.807, 2.05) is 24.3 Å². The Labute approximate surface area is 156 Å². The molecule has 2 aromatic carbocycles. The van der Waals surface area contributed by atoms with Crippen molar-refractivity contribution in [2.45, 2.75) is 32.4 Å². The molecule has 0 unspecified atom stereocenters. The highest BCUT2D eigenvalue weighted by Gasteiger charge is 2.28. The Bertz CT molecular complexity index is 942. The normalized spacial score (nSPS) is 15.0. The van der Waals surface area contributed by atoms with E-state index >= 15 is 0 Å². The van der Waals surface area contributed by atoms with Crippen molar-refractivity contribution in [1.82, 2.24) is 9.97 Å². The lowest BCUT2D eigenvalue weighted by atomic mass is 10.2. The van der Waals surface area contributed by atoms with Gasteiger partial charge in [0.15, 0.2) is 0 Å². The minimum absolute atomic E-state index is 0.115. The molecule has 1 aliphatic carbocycles. The van der Waals surface area contributed by atoms with Crippen molar-refractivity contribution < 1.29 is 4.39 Å². The van der Waals surface area contributed by atoms with Gasteiger partial charge in [-0.2, -0.15) is 4.98 Å². The van der Waals surface area contributed by atoms with Crippen LogP contribution in [-0.4, -0.2) is 16.0 Å². The van der Waals surface area contributed by atoms with Crippen LogP contribution in [0.25, 0.3) is 10.9 Å². The average Bonchev–Trinajstić information content (AvgIpc) is 3.48. The molecule has 26 heavy (non-hydrogen) atoms. The van der Waals surface area contributed by atoms with Crippen LogP contribution in [0.2, 0.25) is 5.02 Å². The van der Waals surface area contributed by atoms with Gasteiger partial charge in [0.1, 0.15) is 11.6 Å². The van der Waals surface area contributed by atoms with Gasteiger partial charge in [-0.3, -0.25) is 0 Å². The van der Waals surface area contributed by atoms with Gasteiger partial charge in [0, 0.05) is 23.5 Å². The van der Waals surface area contributed by atoms with Gasteiger partial charge < -0.3 is 10.6 Å². The summed E-state index contributed by atoms with van der Waals surface area (Å²) >= 11 is 5.85. The van der Waals surface area contributed by atoms with Gasteiger partial charge >= 0.3 is 0 Å². The number of para-hydroxylation sites is 1. The molecule has 3 aromatic rings. The highest BCUT2D eigenvalue weighted by atomic mass is 35.5. The first kappa shape index (κ1) is 17.0. The van der Waals surface area contributed by atoms with Crippen LogP contribution in [0.5, 0.6) is 0 Å². The van der Waals surface area contributed by atoms with Gasteiger partial charge in [-0.1, -0.05) is 35.9 Å². The van der Waals surface area contributed by atoms with Gasteiger partial charge in [0.25, 0.3) is 0 Å². The quantitative estimate of drug-likeness (QED) is 0.622. The Morgan fingerprint density at radius 3 is 2.77 bits per heavy atom. The molecule has 1 aromatic heterocycles. The summed E-state index contributed by atoms with van der Waals surface area (Å²) in [6.45, 7) is 2.45. The second kappa shape index (κ2) is 7.08. The zero-order valence-electron chi connectivity index (χ0n) is 14.5. The van der Waals surface area contributed by atoms with Crippen molar-refractivity contribution in [2.24, 2.45) is 5.92 Å². The molecule has 4 nitrogen and oxygen atoms in total. The van der Waals surface area contributed by atoms with Crippen LogP contribution in [0.15, 0.2) is 42.5 Å². The van der Waals surface area contributed by atoms with Crippen LogP contribution in [0.3, 0.4) is 0 Å². The number of nitrogens with one attached hydrogen (secondary N) is 2. The van der Waals surface area contributed by atoms with E-state index in [9.17, 15) is 4.39 Å². The highest BCUT2D eigenvalue weighted by Crippen LogP contribution is 2.34. The molecule has 4 rings (SSSR count). The third-order valence-electron chi connectivity index (χ3n) is 4.77.